The van der Waals surface area contributed by atoms with Crippen molar-refractivity contribution in [2.75, 3.05) is 13.1 Å². The lowest BCUT2D eigenvalue weighted by Crippen LogP contribution is -2.35. The first kappa shape index (κ1) is 13.4. The number of aromatic amines is 1. The zero-order valence-corrected chi connectivity index (χ0v) is 11.3. The smallest absolute Gasteiger partial charge is 0.274 e. The molecule has 1 amide bonds. The molecule has 1 aromatic heterocycles. The number of hydrogen-bond acceptors (Lipinski definition) is 3. The predicted molar refractivity (Wildman–Crippen MR) is 71.0 cm³/mol. The molecule has 3 heterocycles. The molecule has 5 nitrogen and oxygen atoms in total. The molecule has 0 radical (unpaired) electrons. The lowest BCUT2D eigenvalue weighted by Gasteiger charge is -2.21. The van der Waals surface area contributed by atoms with Crippen LogP contribution in [-0.4, -0.2) is 40.1 Å². The van der Waals surface area contributed by atoms with Crippen molar-refractivity contribution in [3.8, 4) is 0 Å². The van der Waals surface area contributed by atoms with Gasteiger partial charge in [0.2, 0.25) is 0 Å². The molecule has 1 fully saturated rings. The highest BCUT2D eigenvalue weighted by molar-refractivity contribution is 5.94. The maximum Gasteiger partial charge on any atom is 0.274 e. The van der Waals surface area contributed by atoms with Crippen molar-refractivity contribution >= 4 is 18.3 Å². The summed E-state index contributed by atoms with van der Waals surface area (Å²) in [6, 6.07) is 0.353. The minimum absolute atomic E-state index is 0. The largest absolute Gasteiger partial charge is 0.335 e. The van der Waals surface area contributed by atoms with Crippen LogP contribution in [-0.2, 0) is 13.0 Å². The van der Waals surface area contributed by atoms with Crippen molar-refractivity contribution in [1.82, 2.24) is 20.4 Å². The van der Waals surface area contributed by atoms with E-state index in [0.29, 0.717) is 11.7 Å². The van der Waals surface area contributed by atoms with Crippen LogP contribution in [0.5, 0.6) is 0 Å². The quantitative estimate of drug-likeness (QED) is 0.803. The fourth-order valence-electron chi connectivity index (χ4n) is 2.77. The molecule has 0 aliphatic carbocycles. The monoisotopic (exact) mass is 270 g/mol. The third kappa shape index (κ3) is 2.12. The van der Waals surface area contributed by atoms with Crippen LogP contribution < -0.4 is 5.32 Å². The van der Waals surface area contributed by atoms with Gasteiger partial charge in [-0.15, -0.1) is 12.4 Å². The lowest BCUT2D eigenvalue weighted by molar-refractivity contribution is 0.0740. The van der Waals surface area contributed by atoms with Crippen molar-refractivity contribution in [2.24, 2.45) is 0 Å². The van der Waals surface area contributed by atoms with E-state index >= 15 is 0 Å². The molecule has 2 aliphatic heterocycles. The summed E-state index contributed by atoms with van der Waals surface area (Å²) in [7, 11) is 0. The Bertz CT molecular complexity index is 445. The van der Waals surface area contributed by atoms with Gasteiger partial charge >= 0.3 is 0 Å². The van der Waals surface area contributed by atoms with Gasteiger partial charge in [0.05, 0.1) is 0 Å². The van der Waals surface area contributed by atoms with Gasteiger partial charge in [-0.1, -0.05) is 0 Å². The van der Waals surface area contributed by atoms with E-state index in [4.69, 9.17) is 0 Å². The van der Waals surface area contributed by atoms with E-state index in [0.717, 1.165) is 50.2 Å². The van der Waals surface area contributed by atoms with E-state index in [2.05, 4.69) is 22.4 Å². The number of amides is 1. The second-order valence-electron chi connectivity index (χ2n) is 4.95. The number of aromatic nitrogens is 2. The Hall–Kier alpha value is -1.07. The van der Waals surface area contributed by atoms with Gasteiger partial charge in [-0.25, -0.2) is 0 Å². The van der Waals surface area contributed by atoms with Crippen molar-refractivity contribution in [1.29, 1.82) is 0 Å². The summed E-state index contributed by atoms with van der Waals surface area (Å²) in [5.74, 6) is 0.0937. The van der Waals surface area contributed by atoms with Crippen LogP contribution in [0.3, 0.4) is 0 Å². The number of likely N-dealkylation sites (tertiary alicyclic amines) is 1. The Kier molecular flexibility index (Phi) is 3.92. The summed E-state index contributed by atoms with van der Waals surface area (Å²) in [6.45, 7) is 4.70. The van der Waals surface area contributed by atoms with Gasteiger partial charge in [0.25, 0.3) is 5.91 Å². The summed E-state index contributed by atoms with van der Waals surface area (Å²) < 4.78 is 0. The first-order chi connectivity index (χ1) is 8.27. The topological polar surface area (TPSA) is 61.0 Å². The second-order valence-corrected chi connectivity index (χ2v) is 4.95. The van der Waals surface area contributed by atoms with Crippen LogP contribution in [0, 0.1) is 0 Å². The first-order valence-electron chi connectivity index (χ1n) is 6.35. The fourth-order valence-corrected chi connectivity index (χ4v) is 2.77. The van der Waals surface area contributed by atoms with E-state index in [1.165, 1.54) is 0 Å². The van der Waals surface area contributed by atoms with Gasteiger partial charge < -0.3 is 10.2 Å². The summed E-state index contributed by atoms with van der Waals surface area (Å²) in [5, 5.41) is 10.5. The Morgan fingerprint density at radius 2 is 2.33 bits per heavy atom. The Morgan fingerprint density at radius 3 is 3.06 bits per heavy atom. The number of rotatable bonds is 1. The highest BCUT2D eigenvalue weighted by atomic mass is 35.5. The molecule has 1 saturated heterocycles. The van der Waals surface area contributed by atoms with Gasteiger partial charge in [0.1, 0.15) is 0 Å². The number of fused-ring (bicyclic) bond motifs is 1. The molecular weight excluding hydrogens is 252 g/mol. The van der Waals surface area contributed by atoms with E-state index in [1.807, 2.05) is 4.90 Å². The number of halogens is 1. The maximum atomic E-state index is 12.4. The van der Waals surface area contributed by atoms with E-state index < -0.39 is 0 Å². The molecule has 0 spiro atoms. The average Bonchev–Trinajstić information content (AvgIpc) is 2.94. The van der Waals surface area contributed by atoms with Crippen LogP contribution >= 0.6 is 12.4 Å². The molecular formula is C12H19ClN4O. The zero-order chi connectivity index (χ0) is 11.8. The molecule has 0 saturated carbocycles. The Morgan fingerprint density at radius 1 is 1.50 bits per heavy atom. The van der Waals surface area contributed by atoms with Crippen LogP contribution in [0.15, 0.2) is 0 Å². The number of hydrogen-bond donors (Lipinski definition) is 2. The third-order valence-corrected chi connectivity index (χ3v) is 3.82. The molecule has 18 heavy (non-hydrogen) atoms. The predicted octanol–water partition coefficient (Wildman–Crippen LogP) is 1.10. The molecule has 3 rings (SSSR count). The molecule has 6 heteroatoms. The molecule has 2 aliphatic rings. The molecule has 1 atom stereocenters. The van der Waals surface area contributed by atoms with Gasteiger partial charge in [-0.3, -0.25) is 9.89 Å². The summed E-state index contributed by atoms with van der Waals surface area (Å²) in [4.78, 5) is 14.4. The minimum Gasteiger partial charge on any atom is -0.335 e. The number of carbonyl (C=O) groups excluding carboxylic acids is 1. The van der Waals surface area contributed by atoms with Crippen LogP contribution in [0.25, 0.3) is 0 Å². The minimum atomic E-state index is 0. The normalized spacial score (nSPS) is 22.5. The van der Waals surface area contributed by atoms with Gasteiger partial charge in [0.15, 0.2) is 5.69 Å². The molecule has 0 aromatic carbocycles. The fraction of sp³-hybridized carbons (Fsp3) is 0.667. The number of H-pyrrole nitrogens is 1. The zero-order valence-electron chi connectivity index (χ0n) is 10.5. The Balaban J connectivity index is 0.00000120. The second kappa shape index (κ2) is 5.28. The summed E-state index contributed by atoms with van der Waals surface area (Å²) >= 11 is 0. The van der Waals surface area contributed by atoms with Crippen molar-refractivity contribution in [3.05, 3.63) is 17.0 Å². The van der Waals surface area contributed by atoms with Crippen molar-refractivity contribution < 1.29 is 4.79 Å². The third-order valence-electron chi connectivity index (χ3n) is 3.82. The highest BCUT2D eigenvalue weighted by Crippen LogP contribution is 2.22. The number of nitrogens with one attached hydrogen (secondary N) is 2. The number of nitrogens with zero attached hydrogens (tertiary/aromatic N) is 2. The van der Waals surface area contributed by atoms with E-state index in [-0.39, 0.29) is 18.3 Å². The van der Waals surface area contributed by atoms with Gasteiger partial charge in [-0.05, 0) is 19.8 Å². The van der Waals surface area contributed by atoms with E-state index in [9.17, 15) is 4.79 Å². The summed E-state index contributed by atoms with van der Waals surface area (Å²) in [5.41, 5.74) is 2.82. The summed E-state index contributed by atoms with van der Waals surface area (Å²) in [6.07, 6.45) is 3.15. The molecule has 2 N–H and O–H groups in total. The average molecular weight is 271 g/mol. The molecule has 100 valence electrons. The van der Waals surface area contributed by atoms with E-state index in [1.54, 1.807) is 0 Å². The standard InChI is InChI=1S/C12H18N4O.ClH/c1-8-3-2-6-16(8)12(17)11-9-7-13-5-4-10(9)14-15-11;/h8,13H,2-7H2,1H3,(H,14,15);1H. The lowest BCUT2D eigenvalue weighted by atomic mass is 10.1. The molecule has 1 aromatic rings. The maximum absolute atomic E-state index is 12.4. The first-order valence-corrected chi connectivity index (χ1v) is 6.35. The van der Waals surface area contributed by atoms with Gasteiger partial charge in [0, 0.05) is 43.4 Å². The Labute approximate surface area is 113 Å². The molecule has 1 unspecified atom stereocenters. The SMILES string of the molecule is CC1CCCN1C(=O)c1n[nH]c2c1CNCC2.Cl. The highest BCUT2D eigenvalue weighted by Gasteiger charge is 2.30. The number of carbonyl (C=O) groups is 1. The van der Waals surface area contributed by atoms with Crippen LogP contribution in [0.1, 0.15) is 41.5 Å². The van der Waals surface area contributed by atoms with Crippen molar-refractivity contribution in [3.63, 3.8) is 0 Å². The van der Waals surface area contributed by atoms with Crippen LogP contribution in [0.4, 0.5) is 0 Å². The molecule has 0 bridgehead atoms. The van der Waals surface area contributed by atoms with Crippen LogP contribution in [0.2, 0.25) is 0 Å². The van der Waals surface area contributed by atoms with Gasteiger partial charge in [-0.2, -0.15) is 5.10 Å². The van der Waals surface area contributed by atoms with Crippen molar-refractivity contribution in [2.45, 2.75) is 38.8 Å².